The summed E-state index contributed by atoms with van der Waals surface area (Å²) in [5.41, 5.74) is 2.29. The Kier molecular flexibility index (Phi) is 9.83. The summed E-state index contributed by atoms with van der Waals surface area (Å²) in [6.45, 7) is 4.48. The van der Waals surface area contributed by atoms with E-state index in [1.807, 2.05) is 18.2 Å². The number of benzene rings is 1. The van der Waals surface area contributed by atoms with Crippen LogP contribution in [-0.4, -0.2) is 69.8 Å². The minimum atomic E-state index is 0.807. The van der Waals surface area contributed by atoms with Crippen molar-refractivity contribution in [2.24, 2.45) is 4.99 Å². The van der Waals surface area contributed by atoms with Gasteiger partial charge in [0.1, 0.15) is 5.01 Å². The van der Waals surface area contributed by atoms with Gasteiger partial charge < -0.3 is 20.3 Å². The highest BCUT2D eigenvalue weighted by molar-refractivity contribution is 7.13. The molecule has 1 heterocycles. The van der Waals surface area contributed by atoms with Crippen molar-refractivity contribution in [3.8, 4) is 10.6 Å². The van der Waals surface area contributed by atoms with Crippen LogP contribution in [0.5, 0.6) is 0 Å². The molecule has 7 heteroatoms. The third kappa shape index (κ3) is 8.07. The Morgan fingerprint density at radius 3 is 2.70 bits per heavy atom. The van der Waals surface area contributed by atoms with Crippen molar-refractivity contribution in [1.82, 2.24) is 20.5 Å². The average Bonchev–Trinajstić information content (AvgIpc) is 3.16. The number of ether oxygens (including phenoxy) is 1. The fourth-order valence-corrected chi connectivity index (χ4v) is 3.48. The zero-order chi connectivity index (χ0) is 19.3. The lowest BCUT2D eigenvalue weighted by atomic mass is 10.2. The summed E-state index contributed by atoms with van der Waals surface area (Å²) in [7, 11) is 5.67. The molecule has 0 bridgehead atoms. The number of rotatable bonds is 11. The molecular weight excluding hydrogens is 358 g/mol. The number of likely N-dealkylation sites (N-methyl/N-ethyl adjacent to an activating group) is 1. The van der Waals surface area contributed by atoms with Crippen LogP contribution in [0.25, 0.3) is 10.6 Å². The summed E-state index contributed by atoms with van der Waals surface area (Å²) >= 11 is 1.69. The first-order valence-electron chi connectivity index (χ1n) is 9.34. The van der Waals surface area contributed by atoms with Gasteiger partial charge in [-0.15, -0.1) is 11.3 Å². The van der Waals surface area contributed by atoms with Crippen molar-refractivity contribution in [2.45, 2.75) is 12.8 Å². The molecule has 0 unspecified atom stereocenters. The monoisotopic (exact) mass is 389 g/mol. The van der Waals surface area contributed by atoms with Crippen LogP contribution in [0.4, 0.5) is 0 Å². The maximum atomic E-state index is 5.08. The van der Waals surface area contributed by atoms with Crippen molar-refractivity contribution in [3.63, 3.8) is 0 Å². The Balaban J connectivity index is 1.66. The molecule has 2 N–H and O–H groups in total. The van der Waals surface area contributed by atoms with Gasteiger partial charge in [-0.2, -0.15) is 0 Å². The Morgan fingerprint density at radius 1 is 1.19 bits per heavy atom. The van der Waals surface area contributed by atoms with Gasteiger partial charge in [0.25, 0.3) is 0 Å². The molecule has 6 nitrogen and oxygen atoms in total. The van der Waals surface area contributed by atoms with Crippen molar-refractivity contribution in [1.29, 1.82) is 0 Å². The van der Waals surface area contributed by atoms with Crippen molar-refractivity contribution in [3.05, 3.63) is 41.4 Å². The molecule has 0 saturated heterocycles. The van der Waals surface area contributed by atoms with E-state index in [1.54, 1.807) is 25.5 Å². The van der Waals surface area contributed by atoms with Crippen LogP contribution in [0.2, 0.25) is 0 Å². The van der Waals surface area contributed by atoms with Gasteiger partial charge in [0.2, 0.25) is 0 Å². The van der Waals surface area contributed by atoms with Crippen LogP contribution in [0, 0.1) is 0 Å². The van der Waals surface area contributed by atoms with Crippen LogP contribution < -0.4 is 10.6 Å². The Labute approximate surface area is 166 Å². The first kappa shape index (κ1) is 21.3. The van der Waals surface area contributed by atoms with Crippen LogP contribution >= 0.6 is 11.3 Å². The predicted octanol–water partition coefficient (Wildman–Crippen LogP) is 2.49. The molecule has 0 atom stereocenters. The number of thiazole rings is 1. The average molecular weight is 390 g/mol. The van der Waals surface area contributed by atoms with Gasteiger partial charge in [0, 0.05) is 64.3 Å². The number of nitrogens with zero attached hydrogens (tertiary/aromatic N) is 3. The summed E-state index contributed by atoms with van der Waals surface area (Å²) in [6.07, 6.45) is 1.93. The zero-order valence-electron chi connectivity index (χ0n) is 16.6. The van der Waals surface area contributed by atoms with E-state index in [4.69, 9.17) is 9.72 Å². The fraction of sp³-hybridized carbons (Fsp3) is 0.500. The van der Waals surface area contributed by atoms with E-state index in [1.165, 1.54) is 5.56 Å². The lowest BCUT2D eigenvalue weighted by Crippen LogP contribution is -2.41. The Hall–Kier alpha value is -1.96. The molecule has 2 rings (SSSR count). The third-order valence-electron chi connectivity index (χ3n) is 4.14. The maximum Gasteiger partial charge on any atom is 0.191 e. The van der Waals surface area contributed by atoms with Gasteiger partial charge in [-0.1, -0.05) is 30.3 Å². The van der Waals surface area contributed by atoms with E-state index >= 15 is 0 Å². The number of aromatic nitrogens is 1. The van der Waals surface area contributed by atoms with Crippen molar-refractivity contribution in [2.75, 3.05) is 54.0 Å². The van der Waals surface area contributed by atoms with Gasteiger partial charge >= 0.3 is 0 Å². The second-order valence-electron chi connectivity index (χ2n) is 6.34. The molecular formula is C20H31N5OS. The second-order valence-corrected chi connectivity index (χ2v) is 7.19. The molecule has 0 spiro atoms. The third-order valence-corrected chi connectivity index (χ3v) is 5.08. The number of hydrogen-bond acceptors (Lipinski definition) is 5. The molecule has 0 saturated carbocycles. The molecule has 0 fully saturated rings. The molecule has 148 valence electrons. The highest BCUT2D eigenvalue weighted by atomic mass is 32.1. The van der Waals surface area contributed by atoms with Gasteiger partial charge in [-0.25, -0.2) is 4.98 Å². The minimum absolute atomic E-state index is 0.807. The minimum Gasteiger partial charge on any atom is -0.385 e. The first-order chi connectivity index (χ1) is 13.2. The SMILES string of the molecule is CN=C(NCCc1csc(-c2ccccc2)n1)NCCN(C)CCCOC. The van der Waals surface area contributed by atoms with Gasteiger partial charge in [-0.3, -0.25) is 4.99 Å². The molecule has 1 aromatic carbocycles. The van der Waals surface area contributed by atoms with E-state index in [9.17, 15) is 0 Å². The second kappa shape index (κ2) is 12.4. The number of aliphatic imine (C=N–C) groups is 1. The maximum absolute atomic E-state index is 5.08. The standard InChI is InChI=1S/C20H31N5OS/c1-21-20(23-12-14-25(2)13-7-15-26-3)22-11-10-18-16-27-19(24-18)17-8-5-4-6-9-17/h4-6,8-9,16H,7,10-15H2,1-3H3,(H2,21,22,23). The molecule has 27 heavy (non-hydrogen) atoms. The topological polar surface area (TPSA) is 61.8 Å². The summed E-state index contributed by atoms with van der Waals surface area (Å²) in [4.78, 5) is 11.3. The Bertz CT molecular complexity index is 674. The van der Waals surface area contributed by atoms with Crippen molar-refractivity contribution >= 4 is 17.3 Å². The number of hydrogen-bond donors (Lipinski definition) is 2. The summed E-state index contributed by atoms with van der Waals surface area (Å²) < 4.78 is 5.08. The van der Waals surface area contributed by atoms with Gasteiger partial charge in [-0.05, 0) is 13.5 Å². The van der Waals surface area contributed by atoms with Crippen LogP contribution in [0.1, 0.15) is 12.1 Å². The lowest BCUT2D eigenvalue weighted by Gasteiger charge is -2.18. The van der Waals surface area contributed by atoms with Crippen molar-refractivity contribution < 1.29 is 4.74 Å². The smallest absolute Gasteiger partial charge is 0.191 e. The van der Waals surface area contributed by atoms with E-state index in [0.29, 0.717) is 0 Å². The summed E-state index contributed by atoms with van der Waals surface area (Å²) in [6, 6.07) is 10.3. The first-order valence-corrected chi connectivity index (χ1v) is 10.2. The molecule has 1 aromatic heterocycles. The number of guanidine groups is 1. The molecule has 0 aliphatic rings. The predicted molar refractivity (Wildman–Crippen MR) is 115 cm³/mol. The van der Waals surface area contributed by atoms with Crippen LogP contribution in [-0.2, 0) is 11.2 Å². The van der Waals surface area contributed by atoms with Gasteiger partial charge in [0.15, 0.2) is 5.96 Å². The molecule has 2 aromatic rings. The highest BCUT2D eigenvalue weighted by Crippen LogP contribution is 2.23. The zero-order valence-corrected chi connectivity index (χ0v) is 17.4. The molecule has 0 amide bonds. The summed E-state index contributed by atoms with van der Waals surface area (Å²) in [5, 5.41) is 9.92. The van der Waals surface area contributed by atoms with E-state index in [0.717, 1.165) is 62.3 Å². The molecule has 0 aliphatic carbocycles. The fourth-order valence-electron chi connectivity index (χ4n) is 2.62. The lowest BCUT2D eigenvalue weighted by molar-refractivity contribution is 0.180. The normalized spacial score (nSPS) is 11.8. The van der Waals surface area contributed by atoms with Gasteiger partial charge in [0.05, 0.1) is 5.69 Å². The van der Waals surface area contributed by atoms with E-state index in [-0.39, 0.29) is 0 Å². The molecule has 0 aliphatic heterocycles. The molecule has 0 radical (unpaired) electrons. The van der Waals surface area contributed by atoms with E-state index in [2.05, 4.69) is 45.1 Å². The summed E-state index contributed by atoms with van der Waals surface area (Å²) in [5.74, 6) is 0.832. The Morgan fingerprint density at radius 2 is 1.96 bits per heavy atom. The number of methoxy groups -OCH3 is 1. The quantitative estimate of drug-likeness (QED) is 0.351. The van der Waals surface area contributed by atoms with E-state index < -0.39 is 0 Å². The largest absolute Gasteiger partial charge is 0.385 e. The van der Waals surface area contributed by atoms with Crippen LogP contribution in [0.15, 0.2) is 40.7 Å². The highest BCUT2D eigenvalue weighted by Gasteiger charge is 2.05. The van der Waals surface area contributed by atoms with Crippen LogP contribution in [0.3, 0.4) is 0 Å². The number of nitrogens with one attached hydrogen (secondary N) is 2.